The minimum atomic E-state index is 0.703. The monoisotopic (exact) mass is 624 g/mol. The maximum atomic E-state index is 6.19. The lowest BCUT2D eigenvalue weighted by molar-refractivity contribution is 0.669. The van der Waals surface area contributed by atoms with E-state index in [0.717, 1.165) is 61.1 Å². The summed E-state index contributed by atoms with van der Waals surface area (Å²) in [5.41, 5.74) is 8.95. The Kier molecular flexibility index (Phi) is 6.18. The van der Waals surface area contributed by atoms with Gasteiger partial charge in [-0.05, 0) is 73.8 Å². The van der Waals surface area contributed by atoms with E-state index < -0.39 is 0 Å². The molecule has 0 aliphatic carbocycles. The molecule has 0 bridgehead atoms. The zero-order valence-corrected chi connectivity index (χ0v) is 26.5. The molecule has 0 aliphatic rings. The molecule has 0 saturated heterocycles. The predicted octanol–water partition coefficient (Wildman–Crippen LogP) is 12.5. The lowest BCUT2D eigenvalue weighted by Crippen LogP contribution is -1.97. The first-order valence-corrected chi connectivity index (χ1v) is 16.6. The van der Waals surface area contributed by atoms with Crippen molar-refractivity contribution in [2.45, 2.75) is 0 Å². The lowest BCUT2D eigenvalue weighted by Gasteiger charge is -2.15. The topological polar surface area (TPSA) is 38.9 Å². The molecule has 0 aliphatic heterocycles. The van der Waals surface area contributed by atoms with E-state index in [0.29, 0.717) is 5.82 Å². The second-order valence-electron chi connectivity index (χ2n) is 12.6. The highest BCUT2D eigenvalue weighted by atomic mass is 16.3. The largest absolute Gasteiger partial charge is 0.456 e. The summed E-state index contributed by atoms with van der Waals surface area (Å²) in [5.74, 6) is 0.703. The molecule has 0 radical (unpaired) electrons. The fourth-order valence-electron chi connectivity index (χ4n) is 7.27. The number of aromatic nitrogens is 2. The Balaban J connectivity index is 1.15. The number of hydrogen-bond acceptors (Lipinski definition) is 3. The number of furan rings is 1. The van der Waals surface area contributed by atoms with Crippen LogP contribution < -0.4 is 0 Å². The molecule has 10 rings (SSSR count). The predicted molar refractivity (Wildman–Crippen MR) is 204 cm³/mol. The van der Waals surface area contributed by atoms with E-state index in [-0.39, 0.29) is 0 Å². The van der Waals surface area contributed by atoms with E-state index in [4.69, 9.17) is 14.4 Å². The molecule has 8 aromatic carbocycles. The van der Waals surface area contributed by atoms with Gasteiger partial charge in [-0.25, -0.2) is 9.97 Å². The van der Waals surface area contributed by atoms with Crippen molar-refractivity contribution in [1.82, 2.24) is 9.97 Å². The zero-order valence-electron chi connectivity index (χ0n) is 26.5. The molecule has 0 atom stereocenters. The van der Waals surface area contributed by atoms with Crippen molar-refractivity contribution in [3.63, 3.8) is 0 Å². The third-order valence-corrected chi connectivity index (χ3v) is 9.68. The van der Waals surface area contributed by atoms with Gasteiger partial charge in [0.15, 0.2) is 5.82 Å². The molecule has 10 aromatic rings. The lowest BCUT2D eigenvalue weighted by atomic mass is 9.91. The number of hydrogen-bond donors (Lipinski definition) is 0. The van der Waals surface area contributed by atoms with Crippen LogP contribution in [0.2, 0.25) is 0 Å². The van der Waals surface area contributed by atoms with Crippen LogP contribution in [-0.4, -0.2) is 9.97 Å². The first kappa shape index (κ1) is 27.5. The van der Waals surface area contributed by atoms with Crippen LogP contribution in [0.25, 0.3) is 99.3 Å². The number of para-hydroxylation sites is 1. The third kappa shape index (κ3) is 4.59. The van der Waals surface area contributed by atoms with Gasteiger partial charge in [0.25, 0.3) is 0 Å². The van der Waals surface area contributed by atoms with E-state index in [1.54, 1.807) is 0 Å². The summed E-state index contributed by atoms with van der Waals surface area (Å²) in [6, 6.07) is 59.7. The van der Waals surface area contributed by atoms with Crippen molar-refractivity contribution in [2.75, 3.05) is 0 Å². The van der Waals surface area contributed by atoms with E-state index in [2.05, 4.69) is 140 Å². The van der Waals surface area contributed by atoms with Gasteiger partial charge in [-0.1, -0.05) is 140 Å². The minimum Gasteiger partial charge on any atom is -0.456 e. The minimum absolute atomic E-state index is 0.703. The van der Waals surface area contributed by atoms with Crippen LogP contribution in [0.15, 0.2) is 174 Å². The van der Waals surface area contributed by atoms with Gasteiger partial charge in [0.1, 0.15) is 11.2 Å². The van der Waals surface area contributed by atoms with Crippen molar-refractivity contribution >= 4 is 54.3 Å². The van der Waals surface area contributed by atoms with E-state index in [9.17, 15) is 0 Å². The van der Waals surface area contributed by atoms with Gasteiger partial charge in [0.2, 0.25) is 0 Å². The van der Waals surface area contributed by atoms with Gasteiger partial charge in [0.05, 0.1) is 11.4 Å². The standard InChI is InChI=1S/C46H28N2O/c1-2-11-32(12-3-1)46-47-41(31-20-18-29(19-21-31)33-23-24-38-37-16-8-9-17-43(37)49-44(38)27-33)28-42(48-46)45-36-15-7-5-13-34(36)26-40-35-14-6-4-10-30(35)22-25-39(40)45/h1-28H. The number of nitrogens with zero attached hydrogens (tertiary/aromatic N) is 2. The normalized spacial score (nSPS) is 11.7. The summed E-state index contributed by atoms with van der Waals surface area (Å²) in [6.45, 7) is 0. The van der Waals surface area contributed by atoms with E-state index >= 15 is 0 Å². The highest BCUT2D eigenvalue weighted by molar-refractivity contribution is 6.19. The molecular weight excluding hydrogens is 597 g/mol. The van der Waals surface area contributed by atoms with E-state index in [1.807, 2.05) is 30.3 Å². The van der Waals surface area contributed by atoms with Crippen molar-refractivity contribution in [3.05, 3.63) is 170 Å². The van der Waals surface area contributed by atoms with Crippen LogP contribution >= 0.6 is 0 Å². The average molecular weight is 625 g/mol. The number of fused-ring (bicyclic) bond motifs is 7. The maximum Gasteiger partial charge on any atom is 0.160 e. The van der Waals surface area contributed by atoms with Gasteiger partial charge >= 0.3 is 0 Å². The van der Waals surface area contributed by atoms with Gasteiger partial charge < -0.3 is 4.42 Å². The molecule has 0 amide bonds. The van der Waals surface area contributed by atoms with Crippen LogP contribution in [-0.2, 0) is 0 Å². The van der Waals surface area contributed by atoms with Gasteiger partial charge in [0, 0.05) is 27.5 Å². The molecule has 0 N–H and O–H groups in total. The Labute approximate surface area is 282 Å². The molecule has 228 valence electrons. The Hall–Kier alpha value is -6.58. The molecule has 3 nitrogen and oxygen atoms in total. The van der Waals surface area contributed by atoms with Crippen LogP contribution in [0, 0.1) is 0 Å². The second-order valence-corrected chi connectivity index (χ2v) is 12.6. The Morgan fingerprint density at radius 2 is 0.959 bits per heavy atom. The number of benzene rings is 8. The number of rotatable bonds is 4. The second kappa shape index (κ2) is 11.0. The molecule has 3 heteroatoms. The van der Waals surface area contributed by atoms with Crippen molar-refractivity contribution in [1.29, 1.82) is 0 Å². The Morgan fingerprint density at radius 1 is 0.327 bits per heavy atom. The smallest absolute Gasteiger partial charge is 0.160 e. The fraction of sp³-hybridized carbons (Fsp3) is 0. The quantitative estimate of drug-likeness (QED) is 0.144. The maximum absolute atomic E-state index is 6.19. The summed E-state index contributed by atoms with van der Waals surface area (Å²) in [5, 5.41) is 9.49. The highest BCUT2D eigenvalue weighted by Crippen LogP contribution is 2.40. The summed E-state index contributed by atoms with van der Waals surface area (Å²) in [6.07, 6.45) is 0. The summed E-state index contributed by atoms with van der Waals surface area (Å²) < 4.78 is 6.19. The van der Waals surface area contributed by atoms with Crippen molar-refractivity contribution in [2.24, 2.45) is 0 Å². The van der Waals surface area contributed by atoms with Crippen LogP contribution in [0.1, 0.15) is 0 Å². The van der Waals surface area contributed by atoms with Crippen LogP contribution in [0.4, 0.5) is 0 Å². The van der Waals surface area contributed by atoms with Gasteiger partial charge in [-0.15, -0.1) is 0 Å². The Bertz CT molecular complexity index is 2870. The molecule has 0 unspecified atom stereocenters. The SMILES string of the molecule is c1ccc(-c2nc(-c3ccc(-c4ccc5c(c4)oc4ccccc45)cc3)cc(-c3c4ccccc4cc4c3ccc3ccccc34)n2)cc1. The summed E-state index contributed by atoms with van der Waals surface area (Å²) in [4.78, 5) is 10.4. The molecule has 2 heterocycles. The molecular formula is C46H28N2O. The first-order chi connectivity index (χ1) is 24.3. The van der Waals surface area contributed by atoms with Crippen molar-refractivity contribution in [3.8, 4) is 45.0 Å². The molecule has 0 saturated carbocycles. The van der Waals surface area contributed by atoms with Crippen LogP contribution in [0.3, 0.4) is 0 Å². The summed E-state index contributed by atoms with van der Waals surface area (Å²) >= 11 is 0. The van der Waals surface area contributed by atoms with Gasteiger partial charge in [-0.3, -0.25) is 0 Å². The molecule has 0 spiro atoms. The first-order valence-electron chi connectivity index (χ1n) is 16.6. The fourth-order valence-corrected chi connectivity index (χ4v) is 7.27. The average Bonchev–Trinajstić information content (AvgIpc) is 3.55. The van der Waals surface area contributed by atoms with E-state index in [1.165, 1.54) is 32.3 Å². The van der Waals surface area contributed by atoms with Gasteiger partial charge in [-0.2, -0.15) is 0 Å². The summed E-state index contributed by atoms with van der Waals surface area (Å²) in [7, 11) is 0. The molecule has 0 fully saturated rings. The zero-order chi connectivity index (χ0) is 32.3. The molecule has 2 aromatic heterocycles. The third-order valence-electron chi connectivity index (χ3n) is 9.68. The Morgan fingerprint density at radius 3 is 1.82 bits per heavy atom. The molecule has 49 heavy (non-hydrogen) atoms. The van der Waals surface area contributed by atoms with Crippen LogP contribution in [0.5, 0.6) is 0 Å². The highest BCUT2D eigenvalue weighted by Gasteiger charge is 2.17. The van der Waals surface area contributed by atoms with Crippen molar-refractivity contribution < 1.29 is 4.42 Å².